The van der Waals surface area contributed by atoms with Gasteiger partial charge in [-0.2, -0.15) is 0 Å². The molecule has 3 aromatic rings. The Hall–Kier alpha value is -2.15. The minimum Gasteiger partial charge on any atom is -0.338 e. The Morgan fingerprint density at radius 3 is 2.82 bits per heavy atom. The summed E-state index contributed by atoms with van der Waals surface area (Å²) in [5.74, 6) is 0. The number of H-pyrrole nitrogens is 1. The van der Waals surface area contributed by atoms with Crippen LogP contribution in [0.3, 0.4) is 0 Å². The number of rotatable bonds is 1. The smallest absolute Gasteiger partial charge is 0.289 e. The third-order valence-electron chi connectivity index (χ3n) is 3.90. The fourth-order valence-corrected chi connectivity index (χ4v) is 3.45. The fraction of sp³-hybridized carbons (Fsp3) is 0.333. The Morgan fingerprint density at radius 2 is 1.95 bits per heavy atom. The predicted molar refractivity (Wildman–Crippen MR) is 85.9 cm³/mol. The second-order valence-corrected chi connectivity index (χ2v) is 6.30. The van der Waals surface area contributed by atoms with Crippen molar-refractivity contribution in [1.29, 1.82) is 0 Å². The average Bonchev–Trinajstić information content (AvgIpc) is 2.93. The van der Waals surface area contributed by atoms with Gasteiger partial charge in [-0.05, 0) is 25.3 Å². The first-order chi connectivity index (χ1) is 10.8. The van der Waals surface area contributed by atoms with Gasteiger partial charge in [0.2, 0.25) is 5.16 Å². The van der Waals surface area contributed by atoms with Crippen LogP contribution in [0, 0.1) is 0 Å². The summed E-state index contributed by atoms with van der Waals surface area (Å²) in [6, 6.07) is 7.88. The monoisotopic (exact) mass is 313 g/mol. The van der Waals surface area contributed by atoms with Crippen molar-refractivity contribution in [1.82, 2.24) is 25.1 Å². The number of carbonyl (C=O) groups excluding carboxylic acids is 1. The Balaban J connectivity index is 1.62. The van der Waals surface area contributed by atoms with E-state index in [9.17, 15) is 4.79 Å². The van der Waals surface area contributed by atoms with Crippen molar-refractivity contribution in [2.45, 2.75) is 24.4 Å². The van der Waals surface area contributed by atoms with E-state index in [1.807, 2.05) is 29.2 Å². The first kappa shape index (κ1) is 13.5. The molecule has 22 heavy (non-hydrogen) atoms. The number of thioether (sulfide) groups is 1. The van der Waals surface area contributed by atoms with Crippen LogP contribution in [-0.2, 0) is 0 Å². The van der Waals surface area contributed by atoms with Crippen molar-refractivity contribution in [3.05, 3.63) is 24.3 Å². The van der Waals surface area contributed by atoms with Gasteiger partial charge in [0, 0.05) is 35.8 Å². The highest BCUT2D eigenvalue weighted by Crippen LogP contribution is 2.25. The van der Waals surface area contributed by atoms with E-state index in [1.165, 1.54) is 6.42 Å². The van der Waals surface area contributed by atoms with E-state index in [2.05, 4.69) is 20.2 Å². The molecule has 112 valence electrons. The molecule has 1 aliphatic heterocycles. The number of likely N-dealkylation sites (tertiary alicyclic amines) is 1. The fourth-order valence-electron chi connectivity index (χ4n) is 2.77. The SMILES string of the molecule is O=C(Sc1nnc2c(n1)[nH]c1ccccc12)N1CCCCC1. The molecule has 4 rings (SSSR count). The lowest BCUT2D eigenvalue weighted by Gasteiger charge is -2.25. The molecule has 3 heterocycles. The van der Waals surface area contributed by atoms with Crippen molar-refractivity contribution < 1.29 is 4.79 Å². The normalized spacial score (nSPS) is 15.5. The molecule has 1 N–H and O–H groups in total. The highest BCUT2D eigenvalue weighted by Gasteiger charge is 2.19. The van der Waals surface area contributed by atoms with Gasteiger partial charge in [0.25, 0.3) is 5.24 Å². The number of nitrogens with one attached hydrogen (secondary N) is 1. The molecule has 0 saturated carbocycles. The van der Waals surface area contributed by atoms with E-state index in [4.69, 9.17) is 0 Å². The minimum absolute atomic E-state index is 0.0111. The van der Waals surface area contributed by atoms with Crippen LogP contribution in [0.5, 0.6) is 0 Å². The number of hydrogen-bond donors (Lipinski definition) is 1. The Morgan fingerprint density at radius 1 is 1.14 bits per heavy atom. The lowest BCUT2D eigenvalue weighted by molar-refractivity contribution is 0.211. The van der Waals surface area contributed by atoms with Gasteiger partial charge in [-0.3, -0.25) is 4.79 Å². The highest BCUT2D eigenvalue weighted by atomic mass is 32.2. The van der Waals surface area contributed by atoms with E-state index in [-0.39, 0.29) is 5.24 Å². The van der Waals surface area contributed by atoms with Crippen molar-refractivity contribution in [2.24, 2.45) is 0 Å². The molecular weight excluding hydrogens is 298 g/mol. The summed E-state index contributed by atoms with van der Waals surface area (Å²) < 4.78 is 0. The molecule has 6 nitrogen and oxygen atoms in total. The van der Waals surface area contributed by atoms with Gasteiger partial charge < -0.3 is 9.88 Å². The standard InChI is InChI=1S/C15H15N5OS/c21-15(20-8-4-1-5-9-20)22-14-17-13-12(18-19-14)10-6-2-3-7-11(10)16-13/h2-3,6-7H,1,4-5,8-9H2,(H,16,17,19). The molecule has 0 radical (unpaired) electrons. The molecule has 1 aliphatic rings. The molecule has 1 aromatic carbocycles. The number of fused-ring (bicyclic) bond motifs is 3. The van der Waals surface area contributed by atoms with Gasteiger partial charge in [0.15, 0.2) is 5.65 Å². The van der Waals surface area contributed by atoms with Crippen LogP contribution in [0.2, 0.25) is 0 Å². The molecule has 1 fully saturated rings. The number of nitrogens with zero attached hydrogens (tertiary/aromatic N) is 4. The van der Waals surface area contributed by atoms with Gasteiger partial charge >= 0.3 is 0 Å². The van der Waals surface area contributed by atoms with Gasteiger partial charge in [-0.15, -0.1) is 10.2 Å². The van der Waals surface area contributed by atoms with Crippen molar-refractivity contribution in [3.8, 4) is 0 Å². The van der Waals surface area contributed by atoms with Crippen LogP contribution in [0.4, 0.5) is 4.79 Å². The van der Waals surface area contributed by atoms with Crippen molar-refractivity contribution in [2.75, 3.05) is 13.1 Å². The molecular formula is C15H15N5OS. The van der Waals surface area contributed by atoms with E-state index >= 15 is 0 Å². The maximum Gasteiger partial charge on any atom is 0.289 e. The largest absolute Gasteiger partial charge is 0.338 e. The molecule has 0 bridgehead atoms. The van der Waals surface area contributed by atoms with Crippen LogP contribution in [0.1, 0.15) is 19.3 Å². The molecule has 7 heteroatoms. The Labute approximate surface area is 131 Å². The van der Waals surface area contributed by atoms with E-state index in [1.54, 1.807) is 0 Å². The van der Waals surface area contributed by atoms with E-state index < -0.39 is 0 Å². The second-order valence-electron chi connectivity index (χ2n) is 5.38. The molecule has 0 aliphatic carbocycles. The molecule has 1 amide bonds. The Bertz CT molecular complexity index is 840. The van der Waals surface area contributed by atoms with Gasteiger partial charge in [0.1, 0.15) is 5.52 Å². The molecule has 0 unspecified atom stereocenters. The summed E-state index contributed by atoms with van der Waals surface area (Å²) in [6.45, 7) is 1.65. The maximum absolute atomic E-state index is 12.2. The lowest BCUT2D eigenvalue weighted by Crippen LogP contribution is -2.32. The van der Waals surface area contributed by atoms with Crippen LogP contribution >= 0.6 is 11.8 Å². The van der Waals surface area contributed by atoms with Crippen LogP contribution in [0.25, 0.3) is 22.1 Å². The molecule has 0 spiro atoms. The molecule has 2 aromatic heterocycles. The summed E-state index contributed by atoms with van der Waals surface area (Å²) in [6.07, 6.45) is 3.35. The summed E-state index contributed by atoms with van der Waals surface area (Å²) in [7, 11) is 0. The van der Waals surface area contributed by atoms with Gasteiger partial charge in [-0.25, -0.2) is 4.98 Å². The van der Waals surface area contributed by atoms with Crippen LogP contribution in [-0.4, -0.2) is 43.4 Å². The summed E-state index contributed by atoms with van der Waals surface area (Å²) in [5.41, 5.74) is 2.39. The van der Waals surface area contributed by atoms with E-state index in [0.717, 1.165) is 54.1 Å². The minimum atomic E-state index is 0.0111. The number of hydrogen-bond acceptors (Lipinski definition) is 5. The van der Waals surface area contributed by atoms with E-state index in [0.29, 0.717) is 10.8 Å². The number of aromatic amines is 1. The number of amides is 1. The van der Waals surface area contributed by atoms with Gasteiger partial charge in [-0.1, -0.05) is 18.2 Å². The number of piperidine rings is 1. The maximum atomic E-state index is 12.2. The third kappa shape index (κ3) is 2.41. The summed E-state index contributed by atoms with van der Waals surface area (Å²) in [4.78, 5) is 21.8. The number of carbonyl (C=O) groups is 1. The van der Waals surface area contributed by atoms with Crippen molar-refractivity contribution >= 4 is 39.1 Å². The second kappa shape index (κ2) is 5.57. The van der Waals surface area contributed by atoms with Crippen molar-refractivity contribution in [3.63, 3.8) is 0 Å². The first-order valence-corrected chi connectivity index (χ1v) is 8.21. The first-order valence-electron chi connectivity index (χ1n) is 7.39. The zero-order chi connectivity index (χ0) is 14.9. The zero-order valence-electron chi connectivity index (χ0n) is 12.0. The number of para-hydroxylation sites is 1. The number of benzene rings is 1. The third-order valence-corrected chi connectivity index (χ3v) is 4.68. The molecule has 1 saturated heterocycles. The topological polar surface area (TPSA) is 74.8 Å². The summed E-state index contributed by atoms with van der Waals surface area (Å²) in [5, 5.41) is 9.74. The zero-order valence-corrected chi connectivity index (χ0v) is 12.8. The average molecular weight is 313 g/mol. The lowest BCUT2D eigenvalue weighted by atomic mass is 10.1. The quantitative estimate of drug-likeness (QED) is 0.698. The van der Waals surface area contributed by atoms with Crippen LogP contribution < -0.4 is 0 Å². The predicted octanol–water partition coefficient (Wildman–Crippen LogP) is 3.20. The number of aromatic nitrogens is 4. The van der Waals surface area contributed by atoms with Crippen LogP contribution in [0.15, 0.2) is 29.4 Å². The highest BCUT2D eigenvalue weighted by molar-refractivity contribution is 8.13. The Kier molecular flexibility index (Phi) is 3.42. The van der Waals surface area contributed by atoms with Gasteiger partial charge in [0.05, 0.1) is 0 Å². The molecule has 0 atom stereocenters. The summed E-state index contributed by atoms with van der Waals surface area (Å²) >= 11 is 1.06.